The number of hydrogen-bond acceptors (Lipinski definition) is 3. The fourth-order valence-electron chi connectivity index (χ4n) is 2.25. The summed E-state index contributed by atoms with van der Waals surface area (Å²) in [4.78, 5) is 18.1. The van der Waals surface area contributed by atoms with Crippen molar-refractivity contribution in [3.63, 3.8) is 0 Å². The molecule has 0 radical (unpaired) electrons. The van der Waals surface area contributed by atoms with Crippen LogP contribution in [-0.2, 0) is 11.3 Å². The Kier molecular flexibility index (Phi) is 11.1. The standard InChI is InChI=1S/C20H34N4O2/c1-5-7-14-26-15-8-13-22-20(21-6-2)23-16-17-9-11-18(12-10-17)19(25)24(3)4/h9-12H,5-8,13-16H2,1-4H3,(H2,21,22,23). The Bertz CT molecular complexity index is 541. The third-order valence-electron chi connectivity index (χ3n) is 3.77. The molecule has 0 unspecified atom stereocenters. The molecule has 1 aromatic carbocycles. The topological polar surface area (TPSA) is 66.0 Å². The van der Waals surface area contributed by atoms with E-state index in [0.717, 1.165) is 50.7 Å². The molecule has 0 aliphatic carbocycles. The quantitative estimate of drug-likeness (QED) is 0.361. The molecule has 1 aromatic rings. The van der Waals surface area contributed by atoms with Gasteiger partial charge < -0.3 is 20.3 Å². The van der Waals surface area contributed by atoms with Crippen LogP contribution in [0.15, 0.2) is 29.3 Å². The second kappa shape index (κ2) is 13.2. The van der Waals surface area contributed by atoms with Crippen molar-refractivity contribution in [1.29, 1.82) is 0 Å². The van der Waals surface area contributed by atoms with Crippen LogP contribution in [0.1, 0.15) is 49.0 Å². The first-order valence-electron chi connectivity index (χ1n) is 9.49. The smallest absolute Gasteiger partial charge is 0.253 e. The Morgan fingerprint density at radius 1 is 1.08 bits per heavy atom. The lowest BCUT2D eigenvalue weighted by molar-refractivity contribution is 0.0827. The van der Waals surface area contributed by atoms with Gasteiger partial charge in [0.2, 0.25) is 0 Å². The van der Waals surface area contributed by atoms with Gasteiger partial charge >= 0.3 is 0 Å². The van der Waals surface area contributed by atoms with Gasteiger partial charge in [0.25, 0.3) is 5.91 Å². The summed E-state index contributed by atoms with van der Waals surface area (Å²) in [6.45, 7) is 8.04. The number of benzene rings is 1. The summed E-state index contributed by atoms with van der Waals surface area (Å²) in [5, 5.41) is 6.57. The van der Waals surface area contributed by atoms with Gasteiger partial charge in [0.05, 0.1) is 6.54 Å². The van der Waals surface area contributed by atoms with Crippen LogP contribution in [0.2, 0.25) is 0 Å². The molecule has 1 rings (SSSR count). The maximum absolute atomic E-state index is 11.9. The number of unbranched alkanes of at least 4 members (excludes halogenated alkanes) is 1. The van der Waals surface area contributed by atoms with Gasteiger partial charge in [-0.1, -0.05) is 25.5 Å². The Balaban J connectivity index is 2.44. The fraction of sp³-hybridized carbons (Fsp3) is 0.600. The first kappa shape index (κ1) is 22.0. The molecule has 146 valence electrons. The number of carbonyl (C=O) groups is 1. The van der Waals surface area contributed by atoms with Crippen LogP contribution >= 0.6 is 0 Å². The average Bonchev–Trinajstić information content (AvgIpc) is 2.65. The van der Waals surface area contributed by atoms with E-state index in [0.29, 0.717) is 12.1 Å². The van der Waals surface area contributed by atoms with Crippen molar-refractivity contribution in [2.45, 2.75) is 39.7 Å². The summed E-state index contributed by atoms with van der Waals surface area (Å²) < 4.78 is 5.56. The maximum Gasteiger partial charge on any atom is 0.253 e. The van der Waals surface area contributed by atoms with Gasteiger partial charge in [0.15, 0.2) is 5.96 Å². The maximum atomic E-state index is 11.9. The molecule has 2 N–H and O–H groups in total. The summed E-state index contributed by atoms with van der Waals surface area (Å²) in [6.07, 6.45) is 3.24. The van der Waals surface area contributed by atoms with Crippen molar-refractivity contribution in [2.24, 2.45) is 4.99 Å². The van der Waals surface area contributed by atoms with Crippen molar-refractivity contribution < 1.29 is 9.53 Å². The lowest BCUT2D eigenvalue weighted by atomic mass is 10.1. The molecule has 0 aromatic heterocycles. The highest BCUT2D eigenvalue weighted by Gasteiger charge is 2.07. The van der Waals surface area contributed by atoms with Crippen molar-refractivity contribution in [1.82, 2.24) is 15.5 Å². The molecule has 6 nitrogen and oxygen atoms in total. The molecule has 0 saturated heterocycles. The minimum absolute atomic E-state index is 0.0104. The molecule has 0 heterocycles. The number of guanidine groups is 1. The van der Waals surface area contributed by atoms with Crippen LogP contribution < -0.4 is 10.6 Å². The number of hydrogen-bond donors (Lipinski definition) is 2. The van der Waals surface area contributed by atoms with Gasteiger partial charge in [-0.05, 0) is 37.5 Å². The molecule has 0 saturated carbocycles. The summed E-state index contributed by atoms with van der Waals surface area (Å²) in [5.41, 5.74) is 1.76. The Morgan fingerprint density at radius 2 is 1.77 bits per heavy atom. The second-order valence-corrected chi connectivity index (χ2v) is 6.34. The third kappa shape index (κ3) is 8.85. The van der Waals surface area contributed by atoms with Gasteiger partial charge in [-0.3, -0.25) is 4.79 Å². The van der Waals surface area contributed by atoms with Crippen LogP contribution in [0.5, 0.6) is 0 Å². The second-order valence-electron chi connectivity index (χ2n) is 6.34. The predicted molar refractivity (Wildman–Crippen MR) is 108 cm³/mol. The SMILES string of the molecule is CCCCOCCCNC(=NCc1ccc(C(=O)N(C)C)cc1)NCC. The van der Waals surface area contributed by atoms with E-state index < -0.39 is 0 Å². The predicted octanol–water partition coefficient (Wildman–Crippen LogP) is 2.65. The number of aliphatic imine (C=N–C) groups is 1. The van der Waals surface area contributed by atoms with Crippen LogP contribution in [-0.4, -0.2) is 57.2 Å². The van der Waals surface area contributed by atoms with E-state index in [2.05, 4.69) is 22.5 Å². The number of carbonyl (C=O) groups excluding carboxylic acids is 1. The van der Waals surface area contributed by atoms with Gasteiger partial charge in [0, 0.05) is 46.0 Å². The molecule has 6 heteroatoms. The number of rotatable bonds is 11. The lowest BCUT2D eigenvalue weighted by Crippen LogP contribution is -2.38. The van der Waals surface area contributed by atoms with Crippen LogP contribution in [0.25, 0.3) is 0 Å². The normalized spacial score (nSPS) is 11.3. The van der Waals surface area contributed by atoms with Gasteiger partial charge in [-0.15, -0.1) is 0 Å². The Hall–Kier alpha value is -2.08. The lowest BCUT2D eigenvalue weighted by Gasteiger charge is -2.12. The zero-order valence-corrected chi connectivity index (χ0v) is 16.7. The van der Waals surface area contributed by atoms with Crippen molar-refractivity contribution in [2.75, 3.05) is 40.4 Å². The molecule has 0 aliphatic heterocycles. The summed E-state index contributed by atoms with van der Waals surface area (Å²) >= 11 is 0. The molecule has 0 spiro atoms. The zero-order valence-electron chi connectivity index (χ0n) is 16.7. The van der Waals surface area contributed by atoms with E-state index in [-0.39, 0.29) is 5.91 Å². The zero-order chi connectivity index (χ0) is 19.2. The highest BCUT2D eigenvalue weighted by Crippen LogP contribution is 2.07. The number of ether oxygens (including phenoxy) is 1. The number of amides is 1. The molecule has 0 atom stereocenters. The van der Waals surface area contributed by atoms with Crippen molar-refractivity contribution >= 4 is 11.9 Å². The van der Waals surface area contributed by atoms with E-state index >= 15 is 0 Å². The van der Waals surface area contributed by atoms with E-state index in [1.807, 2.05) is 31.2 Å². The van der Waals surface area contributed by atoms with Crippen LogP contribution in [0.3, 0.4) is 0 Å². The van der Waals surface area contributed by atoms with E-state index in [1.54, 1.807) is 19.0 Å². The van der Waals surface area contributed by atoms with E-state index in [1.165, 1.54) is 6.42 Å². The van der Waals surface area contributed by atoms with Gasteiger partial charge in [-0.2, -0.15) is 0 Å². The fourth-order valence-corrected chi connectivity index (χ4v) is 2.25. The first-order chi connectivity index (χ1) is 12.6. The Morgan fingerprint density at radius 3 is 2.38 bits per heavy atom. The van der Waals surface area contributed by atoms with Crippen LogP contribution in [0, 0.1) is 0 Å². The molecule has 1 amide bonds. The molecule has 0 fully saturated rings. The third-order valence-corrected chi connectivity index (χ3v) is 3.77. The van der Waals surface area contributed by atoms with Crippen LogP contribution in [0.4, 0.5) is 0 Å². The molecular formula is C20H34N4O2. The minimum Gasteiger partial charge on any atom is -0.381 e. The van der Waals surface area contributed by atoms with Crippen molar-refractivity contribution in [3.8, 4) is 0 Å². The van der Waals surface area contributed by atoms with E-state index in [9.17, 15) is 4.79 Å². The van der Waals surface area contributed by atoms with Gasteiger partial charge in [0.1, 0.15) is 0 Å². The summed E-state index contributed by atoms with van der Waals surface area (Å²) in [7, 11) is 3.51. The van der Waals surface area contributed by atoms with E-state index in [4.69, 9.17) is 4.74 Å². The highest BCUT2D eigenvalue weighted by atomic mass is 16.5. The molecular weight excluding hydrogens is 328 g/mol. The highest BCUT2D eigenvalue weighted by molar-refractivity contribution is 5.93. The minimum atomic E-state index is 0.0104. The largest absolute Gasteiger partial charge is 0.381 e. The number of nitrogens with one attached hydrogen (secondary N) is 2. The number of nitrogens with zero attached hydrogens (tertiary/aromatic N) is 2. The Labute approximate surface area is 158 Å². The molecule has 0 bridgehead atoms. The first-order valence-corrected chi connectivity index (χ1v) is 9.49. The molecule has 26 heavy (non-hydrogen) atoms. The average molecular weight is 363 g/mol. The van der Waals surface area contributed by atoms with Crippen molar-refractivity contribution in [3.05, 3.63) is 35.4 Å². The molecule has 0 aliphatic rings. The van der Waals surface area contributed by atoms with Gasteiger partial charge in [-0.25, -0.2) is 4.99 Å². The summed E-state index contributed by atoms with van der Waals surface area (Å²) in [5.74, 6) is 0.811. The monoisotopic (exact) mass is 362 g/mol. The summed E-state index contributed by atoms with van der Waals surface area (Å²) in [6, 6.07) is 7.60.